The van der Waals surface area contributed by atoms with Crippen molar-refractivity contribution in [1.82, 2.24) is 0 Å². The lowest BCUT2D eigenvalue weighted by Gasteiger charge is -2.33. The van der Waals surface area contributed by atoms with Gasteiger partial charge in [0.15, 0.2) is 0 Å². The average Bonchev–Trinajstić information content (AvgIpc) is 3.19. The zero-order valence-corrected chi connectivity index (χ0v) is 22.9. The van der Waals surface area contributed by atoms with Crippen molar-refractivity contribution in [2.45, 2.75) is 57.1 Å². The van der Waals surface area contributed by atoms with E-state index in [0.29, 0.717) is 28.8 Å². The minimum Gasteiger partial charge on any atom is -0.462 e. The third kappa shape index (κ3) is 5.95. The van der Waals surface area contributed by atoms with Gasteiger partial charge in [-0.3, -0.25) is 4.79 Å². The van der Waals surface area contributed by atoms with Crippen molar-refractivity contribution in [3.05, 3.63) is 76.2 Å². The highest BCUT2D eigenvalue weighted by Gasteiger charge is 2.35. The second kappa shape index (κ2) is 11.1. The fraction of sp³-hybridized carbons (Fsp3) is 0.379. The molecule has 2 atom stereocenters. The lowest BCUT2D eigenvalue weighted by Crippen LogP contribution is -2.26. The molecule has 0 aliphatic heterocycles. The van der Waals surface area contributed by atoms with Crippen LogP contribution in [0.1, 0.15) is 65.7 Å². The van der Waals surface area contributed by atoms with Crippen molar-refractivity contribution in [2.24, 2.45) is 11.3 Å². The van der Waals surface area contributed by atoms with Crippen LogP contribution in [-0.2, 0) is 22.4 Å². The van der Waals surface area contributed by atoms with Crippen LogP contribution in [0.15, 0.2) is 59.5 Å². The van der Waals surface area contributed by atoms with Gasteiger partial charge in [-0.05, 0) is 66.8 Å². The monoisotopic (exact) mass is 522 g/mol. The van der Waals surface area contributed by atoms with Gasteiger partial charge in [-0.25, -0.2) is 4.79 Å². The van der Waals surface area contributed by atoms with Crippen LogP contribution in [0, 0.1) is 11.3 Å². The molecule has 4 rings (SSSR count). The summed E-state index contributed by atoms with van der Waals surface area (Å²) in [6.07, 6.45) is 2.74. The molecule has 0 fully saturated rings. The molecule has 1 aliphatic carbocycles. The number of ether oxygens (including phenoxy) is 1. The zero-order chi connectivity index (χ0) is 25.9. The van der Waals surface area contributed by atoms with Crippen molar-refractivity contribution < 1.29 is 14.3 Å². The predicted molar refractivity (Wildman–Crippen MR) is 150 cm³/mol. The summed E-state index contributed by atoms with van der Waals surface area (Å²) < 4.78 is 5.42. The van der Waals surface area contributed by atoms with Gasteiger partial charge in [0.25, 0.3) is 0 Å². The normalized spacial score (nSPS) is 16.2. The number of rotatable bonds is 7. The number of fused-ring (bicyclic) bond motifs is 1. The van der Waals surface area contributed by atoms with Crippen molar-refractivity contribution in [2.75, 3.05) is 17.7 Å². The molecule has 2 aromatic carbocycles. The molecule has 3 aromatic rings. The van der Waals surface area contributed by atoms with Crippen LogP contribution >= 0.6 is 23.1 Å². The molecule has 1 aromatic heterocycles. The maximum Gasteiger partial charge on any atom is 0.341 e. The highest BCUT2D eigenvalue weighted by molar-refractivity contribution is 8.00. The standard InChI is InChI=1S/C29H34N2O3S2/c1-5-34-28(33)24-22-15-14-19(29(2,3)4)16-23(22)36-27(24)31-26(32)25(18-10-7-6-8-11-18)35-21-13-9-12-20(30)17-21/h6-13,17,19,25H,5,14-16,30H2,1-4H3,(H,31,32). The van der Waals surface area contributed by atoms with E-state index in [4.69, 9.17) is 10.5 Å². The van der Waals surface area contributed by atoms with Gasteiger partial charge in [0.05, 0.1) is 12.2 Å². The lowest BCUT2D eigenvalue weighted by atomic mass is 9.72. The third-order valence-electron chi connectivity index (χ3n) is 6.66. The van der Waals surface area contributed by atoms with E-state index in [9.17, 15) is 9.59 Å². The van der Waals surface area contributed by atoms with Gasteiger partial charge in [-0.1, -0.05) is 57.2 Å². The van der Waals surface area contributed by atoms with Gasteiger partial charge in [0, 0.05) is 15.5 Å². The Morgan fingerprint density at radius 2 is 1.92 bits per heavy atom. The molecule has 1 amide bonds. The summed E-state index contributed by atoms with van der Waals surface area (Å²) in [7, 11) is 0. The number of esters is 1. The molecule has 3 N–H and O–H groups in total. The van der Waals surface area contributed by atoms with Gasteiger partial charge in [-0.15, -0.1) is 23.1 Å². The number of benzene rings is 2. The molecule has 0 bridgehead atoms. The number of carbonyl (C=O) groups is 2. The Kier molecular flexibility index (Phi) is 8.10. The first-order valence-corrected chi connectivity index (χ1v) is 14.1. The summed E-state index contributed by atoms with van der Waals surface area (Å²) in [5.74, 6) is -0.0113. The summed E-state index contributed by atoms with van der Waals surface area (Å²) in [4.78, 5) is 28.9. The maximum atomic E-state index is 13.8. The van der Waals surface area contributed by atoms with Crippen LogP contribution in [0.5, 0.6) is 0 Å². The number of thiophene rings is 1. The van der Waals surface area contributed by atoms with E-state index in [1.54, 1.807) is 6.92 Å². The molecule has 190 valence electrons. The maximum absolute atomic E-state index is 13.8. The van der Waals surface area contributed by atoms with E-state index in [1.165, 1.54) is 28.0 Å². The molecule has 0 saturated carbocycles. The zero-order valence-electron chi connectivity index (χ0n) is 21.3. The van der Waals surface area contributed by atoms with E-state index < -0.39 is 5.25 Å². The Morgan fingerprint density at radius 3 is 2.58 bits per heavy atom. The van der Waals surface area contributed by atoms with E-state index in [-0.39, 0.29) is 17.3 Å². The Bertz CT molecular complexity index is 1230. The number of nitrogen functional groups attached to an aromatic ring is 1. The number of nitrogens with one attached hydrogen (secondary N) is 1. The van der Waals surface area contributed by atoms with Crippen LogP contribution < -0.4 is 11.1 Å². The summed E-state index contributed by atoms with van der Waals surface area (Å²) in [5.41, 5.74) is 9.27. The molecule has 0 spiro atoms. The summed E-state index contributed by atoms with van der Waals surface area (Å²) in [6.45, 7) is 8.90. The summed E-state index contributed by atoms with van der Waals surface area (Å²) >= 11 is 2.97. The molecule has 0 saturated heterocycles. The second-order valence-electron chi connectivity index (χ2n) is 10.2. The first kappa shape index (κ1) is 26.3. The molecule has 7 heteroatoms. The largest absolute Gasteiger partial charge is 0.462 e. The quantitative estimate of drug-likeness (QED) is 0.196. The Balaban J connectivity index is 1.68. The van der Waals surface area contributed by atoms with Gasteiger partial charge < -0.3 is 15.8 Å². The van der Waals surface area contributed by atoms with E-state index in [0.717, 1.165) is 35.3 Å². The smallest absolute Gasteiger partial charge is 0.341 e. The minimum atomic E-state index is -0.510. The Labute approximate surface area is 221 Å². The fourth-order valence-electron chi connectivity index (χ4n) is 4.63. The average molecular weight is 523 g/mol. The molecule has 2 unspecified atom stereocenters. The van der Waals surface area contributed by atoms with Crippen molar-refractivity contribution >= 4 is 45.7 Å². The van der Waals surface area contributed by atoms with Crippen LogP contribution in [0.2, 0.25) is 0 Å². The van der Waals surface area contributed by atoms with Gasteiger partial charge >= 0.3 is 5.97 Å². The molecular formula is C29H34N2O3S2. The topological polar surface area (TPSA) is 81.4 Å². The van der Waals surface area contributed by atoms with E-state index in [1.807, 2.05) is 54.6 Å². The molecule has 0 radical (unpaired) electrons. The lowest BCUT2D eigenvalue weighted by molar-refractivity contribution is -0.115. The van der Waals surface area contributed by atoms with Crippen LogP contribution in [0.25, 0.3) is 0 Å². The number of thioether (sulfide) groups is 1. The SMILES string of the molecule is CCOC(=O)c1c(NC(=O)C(Sc2cccc(N)c2)c2ccccc2)sc2c1CCC(C(C)(C)C)C2. The number of nitrogens with two attached hydrogens (primary N) is 1. The van der Waals surface area contributed by atoms with Crippen LogP contribution in [-0.4, -0.2) is 18.5 Å². The molecule has 1 heterocycles. The molecule has 1 aliphatic rings. The summed E-state index contributed by atoms with van der Waals surface area (Å²) in [5, 5.41) is 3.20. The number of carbonyl (C=O) groups excluding carboxylic acids is 2. The fourth-order valence-corrected chi connectivity index (χ4v) is 7.05. The molecule has 36 heavy (non-hydrogen) atoms. The number of hydrogen-bond donors (Lipinski definition) is 2. The minimum absolute atomic E-state index is 0.176. The Morgan fingerprint density at radius 1 is 1.17 bits per heavy atom. The summed E-state index contributed by atoms with van der Waals surface area (Å²) in [6, 6.07) is 17.2. The van der Waals surface area contributed by atoms with Gasteiger partial charge in [0.1, 0.15) is 10.3 Å². The first-order chi connectivity index (χ1) is 17.2. The number of amides is 1. The molecular weight excluding hydrogens is 488 g/mol. The first-order valence-electron chi connectivity index (χ1n) is 12.4. The number of anilines is 2. The van der Waals surface area contributed by atoms with Gasteiger partial charge in [-0.2, -0.15) is 0 Å². The van der Waals surface area contributed by atoms with Crippen molar-refractivity contribution in [1.29, 1.82) is 0 Å². The Hall–Kier alpha value is -2.77. The molecule has 5 nitrogen and oxygen atoms in total. The van der Waals surface area contributed by atoms with Gasteiger partial charge in [0.2, 0.25) is 5.91 Å². The van der Waals surface area contributed by atoms with Crippen molar-refractivity contribution in [3.63, 3.8) is 0 Å². The van der Waals surface area contributed by atoms with E-state index in [2.05, 4.69) is 26.1 Å². The van der Waals surface area contributed by atoms with Crippen molar-refractivity contribution in [3.8, 4) is 0 Å². The van der Waals surface area contributed by atoms with Crippen LogP contribution in [0.4, 0.5) is 10.7 Å². The van der Waals surface area contributed by atoms with E-state index >= 15 is 0 Å². The number of hydrogen-bond acceptors (Lipinski definition) is 6. The third-order valence-corrected chi connectivity index (χ3v) is 9.08. The highest BCUT2D eigenvalue weighted by atomic mass is 32.2. The second-order valence-corrected chi connectivity index (χ2v) is 12.5. The van der Waals surface area contributed by atoms with Crippen LogP contribution in [0.3, 0.4) is 0 Å². The highest BCUT2D eigenvalue weighted by Crippen LogP contribution is 2.45. The predicted octanol–water partition coefficient (Wildman–Crippen LogP) is 7.13.